The van der Waals surface area contributed by atoms with E-state index in [-0.39, 0.29) is 11.8 Å². The van der Waals surface area contributed by atoms with Gasteiger partial charge in [-0.1, -0.05) is 77.1 Å². The molecule has 0 fully saturated rings. The Kier molecular flexibility index (Phi) is 6.14. The number of rotatable bonds is 4. The van der Waals surface area contributed by atoms with Crippen LogP contribution in [0.5, 0.6) is 0 Å². The number of hydrogen-bond donors (Lipinski definition) is 0. The van der Waals surface area contributed by atoms with E-state index in [2.05, 4.69) is 56.1 Å². The maximum atomic E-state index is 13.5. The van der Waals surface area contributed by atoms with Crippen LogP contribution in [0.3, 0.4) is 0 Å². The fourth-order valence-corrected chi connectivity index (χ4v) is 5.49. The highest BCUT2D eigenvalue weighted by atomic mass is 32.1. The van der Waals surface area contributed by atoms with Crippen LogP contribution in [0.4, 0.5) is 13.2 Å². The van der Waals surface area contributed by atoms with Crippen LogP contribution in [0.15, 0.2) is 72.1 Å². The molecule has 0 amide bonds. The highest BCUT2D eigenvalue weighted by Crippen LogP contribution is 2.42. The van der Waals surface area contributed by atoms with Crippen molar-refractivity contribution >= 4 is 33.0 Å². The lowest BCUT2D eigenvalue weighted by molar-refractivity contribution is -0.211. The summed E-state index contributed by atoms with van der Waals surface area (Å²) in [5.74, 6) is 0. The van der Waals surface area contributed by atoms with Crippen LogP contribution in [0.25, 0.3) is 43.5 Å². The second-order valence-corrected chi connectivity index (χ2v) is 12.1. The van der Waals surface area contributed by atoms with Crippen molar-refractivity contribution in [3.05, 3.63) is 83.4 Å². The molecule has 0 saturated heterocycles. The average molecular weight is 519 g/mol. The van der Waals surface area contributed by atoms with Gasteiger partial charge >= 0.3 is 6.18 Å². The smallest absolute Gasteiger partial charge is 0.248 e. The maximum Gasteiger partial charge on any atom is 0.394 e. The van der Waals surface area contributed by atoms with Crippen molar-refractivity contribution in [1.29, 1.82) is 0 Å². The zero-order valence-corrected chi connectivity index (χ0v) is 22.4. The molecule has 6 heteroatoms. The first-order valence-corrected chi connectivity index (χ1v) is 13.2. The zero-order chi connectivity index (χ0) is 26.6. The second-order valence-electron chi connectivity index (χ2n) is 11.3. The number of benzene rings is 3. The molecule has 0 radical (unpaired) electrons. The SMILES string of the molecule is CC(C)(C)c1cc(-c2cc(-c3nc(CC(C)(C)C(F)(F)F)cs3)c3ccccc3n2)cc2ccccc12. The number of fused-ring (bicyclic) bond motifs is 2. The first kappa shape index (κ1) is 25.4. The van der Waals surface area contributed by atoms with Gasteiger partial charge in [-0.25, -0.2) is 9.97 Å². The Labute approximate surface area is 219 Å². The minimum atomic E-state index is -4.30. The summed E-state index contributed by atoms with van der Waals surface area (Å²) in [6.45, 7) is 9.06. The summed E-state index contributed by atoms with van der Waals surface area (Å²) < 4.78 is 40.5. The summed E-state index contributed by atoms with van der Waals surface area (Å²) in [7, 11) is 0. The molecule has 0 atom stereocenters. The fraction of sp³-hybridized carbons (Fsp3) is 0.290. The van der Waals surface area contributed by atoms with Gasteiger partial charge in [-0.05, 0) is 46.0 Å². The lowest BCUT2D eigenvalue weighted by atomic mass is 9.82. The van der Waals surface area contributed by atoms with Crippen molar-refractivity contribution < 1.29 is 13.2 Å². The summed E-state index contributed by atoms with van der Waals surface area (Å²) in [5.41, 5.74) is 3.31. The van der Waals surface area contributed by atoms with Crippen molar-refractivity contribution in [2.75, 3.05) is 0 Å². The van der Waals surface area contributed by atoms with Crippen LogP contribution >= 0.6 is 11.3 Å². The Morgan fingerprint density at radius 2 is 1.46 bits per heavy atom. The van der Waals surface area contributed by atoms with Gasteiger partial charge in [0, 0.05) is 28.3 Å². The topological polar surface area (TPSA) is 25.8 Å². The van der Waals surface area contributed by atoms with Crippen LogP contribution in [-0.4, -0.2) is 16.1 Å². The predicted molar refractivity (Wildman–Crippen MR) is 148 cm³/mol. The number of pyridine rings is 1. The minimum Gasteiger partial charge on any atom is -0.248 e. The molecule has 0 spiro atoms. The third-order valence-corrected chi connectivity index (χ3v) is 7.78. The molecule has 0 aliphatic carbocycles. The van der Waals surface area contributed by atoms with E-state index in [4.69, 9.17) is 4.98 Å². The normalized spacial score (nSPS) is 13.0. The van der Waals surface area contributed by atoms with E-state index >= 15 is 0 Å². The van der Waals surface area contributed by atoms with E-state index in [1.807, 2.05) is 36.4 Å². The zero-order valence-electron chi connectivity index (χ0n) is 21.6. The van der Waals surface area contributed by atoms with Crippen LogP contribution in [0.2, 0.25) is 0 Å². The lowest BCUT2D eigenvalue weighted by Crippen LogP contribution is -2.34. The van der Waals surface area contributed by atoms with E-state index < -0.39 is 11.6 Å². The molecule has 0 unspecified atom stereocenters. The molecule has 5 rings (SSSR count). The Hall–Kier alpha value is -3.25. The molecule has 0 bridgehead atoms. The first-order chi connectivity index (χ1) is 17.3. The number of aromatic nitrogens is 2. The maximum absolute atomic E-state index is 13.5. The predicted octanol–water partition coefficient (Wildman–Crippen LogP) is 9.61. The number of hydrogen-bond acceptors (Lipinski definition) is 3. The average Bonchev–Trinajstić information content (AvgIpc) is 3.29. The summed E-state index contributed by atoms with van der Waals surface area (Å²) in [4.78, 5) is 9.65. The van der Waals surface area contributed by atoms with Crippen molar-refractivity contribution in [1.82, 2.24) is 9.97 Å². The van der Waals surface area contributed by atoms with Crippen LogP contribution in [0, 0.1) is 5.41 Å². The summed E-state index contributed by atoms with van der Waals surface area (Å²) in [6, 6.07) is 22.6. The van der Waals surface area contributed by atoms with E-state index in [1.165, 1.54) is 36.1 Å². The molecule has 0 aliphatic heterocycles. The molecule has 190 valence electrons. The Bertz CT molecular complexity index is 1610. The van der Waals surface area contributed by atoms with Crippen molar-refractivity contribution in [2.45, 2.75) is 52.6 Å². The van der Waals surface area contributed by atoms with Crippen LogP contribution in [-0.2, 0) is 11.8 Å². The molecule has 2 aromatic heterocycles. The van der Waals surface area contributed by atoms with Crippen LogP contribution in [0.1, 0.15) is 45.9 Å². The van der Waals surface area contributed by atoms with Gasteiger partial charge in [-0.15, -0.1) is 11.3 Å². The molecule has 0 aliphatic rings. The first-order valence-electron chi connectivity index (χ1n) is 12.3. The molecule has 5 aromatic rings. The van der Waals surface area contributed by atoms with Gasteiger partial charge in [-0.2, -0.15) is 13.2 Å². The van der Waals surface area contributed by atoms with Gasteiger partial charge in [0.05, 0.1) is 22.3 Å². The summed E-state index contributed by atoms with van der Waals surface area (Å²) >= 11 is 1.38. The number of alkyl halides is 3. The van der Waals surface area contributed by atoms with E-state index in [9.17, 15) is 13.2 Å². The number of halogens is 3. The van der Waals surface area contributed by atoms with Gasteiger partial charge in [-0.3, -0.25) is 0 Å². The highest BCUT2D eigenvalue weighted by molar-refractivity contribution is 7.13. The van der Waals surface area contributed by atoms with Gasteiger partial charge in [0.1, 0.15) is 5.01 Å². The number of para-hydroxylation sites is 1. The van der Waals surface area contributed by atoms with Crippen molar-refractivity contribution in [3.8, 4) is 21.8 Å². The van der Waals surface area contributed by atoms with Gasteiger partial charge in [0.15, 0.2) is 0 Å². The quantitative estimate of drug-likeness (QED) is 0.237. The van der Waals surface area contributed by atoms with E-state index in [1.54, 1.807) is 5.38 Å². The summed E-state index contributed by atoms with van der Waals surface area (Å²) in [6.07, 6.45) is -4.46. The van der Waals surface area contributed by atoms with Crippen LogP contribution < -0.4 is 0 Å². The molecule has 0 saturated carbocycles. The second kappa shape index (κ2) is 8.95. The number of nitrogens with zero attached hydrogens (tertiary/aromatic N) is 2. The van der Waals surface area contributed by atoms with Gasteiger partial charge in [0.25, 0.3) is 0 Å². The molecule has 37 heavy (non-hydrogen) atoms. The Morgan fingerprint density at radius 1 is 0.784 bits per heavy atom. The molecular weight excluding hydrogens is 489 g/mol. The molecule has 3 aromatic carbocycles. The summed E-state index contributed by atoms with van der Waals surface area (Å²) in [5, 5.41) is 5.73. The van der Waals surface area contributed by atoms with Crippen molar-refractivity contribution in [3.63, 3.8) is 0 Å². The molecule has 2 heterocycles. The Morgan fingerprint density at radius 3 is 2.16 bits per heavy atom. The molecular formula is C31H29F3N2S. The van der Waals surface area contributed by atoms with Crippen molar-refractivity contribution in [2.24, 2.45) is 5.41 Å². The van der Waals surface area contributed by atoms with Gasteiger partial charge < -0.3 is 0 Å². The third kappa shape index (κ3) is 4.87. The monoisotopic (exact) mass is 518 g/mol. The fourth-order valence-electron chi connectivity index (χ4n) is 4.64. The van der Waals surface area contributed by atoms with E-state index in [0.29, 0.717) is 10.7 Å². The highest BCUT2D eigenvalue weighted by Gasteiger charge is 2.47. The third-order valence-electron chi connectivity index (χ3n) is 6.85. The minimum absolute atomic E-state index is 0.0647. The molecule has 0 N–H and O–H groups in total. The van der Waals surface area contributed by atoms with E-state index in [0.717, 1.165) is 33.1 Å². The van der Waals surface area contributed by atoms with Gasteiger partial charge in [0.2, 0.25) is 0 Å². The Balaban J connectivity index is 1.67. The largest absolute Gasteiger partial charge is 0.394 e. The standard InChI is InChI=1S/C31H29F3N2S/c1-29(2,3)25-15-20(14-19-10-6-7-11-22(19)25)27-16-24(23-12-8-9-13-26(23)36-27)28-35-21(18-37-28)17-30(4,5)31(32,33)34/h6-16,18H,17H2,1-5H3. The lowest BCUT2D eigenvalue weighted by Gasteiger charge is -2.26. The molecule has 2 nitrogen and oxygen atoms in total. The number of thiazole rings is 1.